The molecule has 134 valence electrons. The van der Waals surface area contributed by atoms with E-state index in [1.165, 1.54) is 17.6 Å². The third kappa shape index (κ3) is 6.15. The van der Waals surface area contributed by atoms with Crippen molar-refractivity contribution in [1.82, 2.24) is 10.8 Å². The number of carbonyl (C=O) groups excluding carboxylic acids is 2. The van der Waals surface area contributed by atoms with Gasteiger partial charge in [0.15, 0.2) is 0 Å². The largest absolute Gasteiger partial charge is 0.491 e. The van der Waals surface area contributed by atoms with Crippen molar-refractivity contribution in [2.45, 2.75) is 44.9 Å². The zero-order valence-electron chi connectivity index (χ0n) is 14.3. The lowest BCUT2D eigenvalue weighted by Gasteiger charge is -2.29. The van der Waals surface area contributed by atoms with Gasteiger partial charge in [-0.25, -0.2) is 5.48 Å². The van der Waals surface area contributed by atoms with E-state index in [4.69, 9.17) is 15.7 Å². The number of nitrogens with one attached hydrogen (secondary N) is 2. The first-order chi connectivity index (χ1) is 10.9. The van der Waals surface area contributed by atoms with Crippen molar-refractivity contribution >= 4 is 11.8 Å². The quantitative estimate of drug-likeness (QED) is 0.355. The summed E-state index contributed by atoms with van der Waals surface area (Å²) in [5, 5.41) is 20.9. The van der Waals surface area contributed by atoms with E-state index < -0.39 is 29.0 Å². The minimum Gasteiger partial charge on any atom is -0.491 e. The first-order valence-electron chi connectivity index (χ1n) is 7.43. The average molecular weight is 339 g/mol. The molecule has 6 N–H and O–H groups in total. The van der Waals surface area contributed by atoms with Crippen molar-refractivity contribution in [2.24, 2.45) is 5.73 Å². The van der Waals surface area contributed by atoms with Gasteiger partial charge in [0.25, 0.3) is 11.8 Å². The van der Waals surface area contributed by atoms with Crippen LogP contribution in [0.15, 0.2) is 24.3 Å². The van der Waals surface area contributed by atoms with Crippen LogP contribution in [0, 0.1) is 0 Å². The van der Waals surface area contributed by atoms with E-state index in [2.05, 4.69) is 5.32 Å². The SMILES string of the molecule is CC(C)(O)COc1ccc(C(=O)NC(C(=O)NO)C(C)(C)N)cc1. The number of hydroxylamine groups is 1. The molecule has 0 heterocycles. The van der Waals surface area contributed by atoms with Gasteiger partial charge in [0, 0.05) is 11.1 Å². The van der Waals surface area contributed by atoms with Crippen LogP contribution in [-0.4, -0.2) is 45.9 Å². The number of benzene rings is 1. The molecule has 8 nitrogen and oxygen atoms in total. The second kappa shape index (κ2) is 7.61. The number of hydrogen-bond donors (Lipinski definition) is 5. The molecule has 0 aliphatic carbocycles. The van der Waals surface area contributed by atoms with Gasteiger partial charge in [-0.2, -0.15) is 0 Å². The number of aliphatic hydroxyl groups is 1. The molecule has 1 rings (SSSR count). The van der Waals surface area contributed by atoms with Crippen molar-refractivity contribution in [2.75, 3.05) is 6.61 Å². The fourth-order valence-electron chi connectivity index (χ4n) is 1.83. The van der Waals surface area contributed by atoms with Crippen LogP contribution in [0.2, 0.25) is 0 Å². The van der Waals surface area contributed by atoms with Gasteiger partial charge >= 0.3 is 0 Å². The maximum absolute atomic E-state index is 12.2. The minimum atomic E-state index is -1.11. The highest BCUT2D eigenvalue weighted by Crippen LogP contribution is 2.15. The number of hydrogen-bond acceptors (Lipinski definition) is 6. The molecule has 0 aliphatic rings. The lowest BCUT2D eigenvalue weighted by atomic mass is 9.95. The Morgan fingerprint density at radius 2 is 1.75 bits per heavy atom. The standard InChI is InChI=1S/C16H25N3O5/c1-15(2,22)9-24-11-7-5-10(6-8-11)13(20)18-12(14(21)19-23)16(3,4)17/h5-8,12,22-23H,9,17H2,1-4H3,(H,18,20)(H,19,21). The molecule has 0 saturated heterocycles. The average Bonchev–Trinajstić information content (AvgIpc) is 2.48. The maximum Gasteiger partial charge on any atom is 0.267 e. The number of nitrogens with two attached hydrogens (primary N) is 1. The van der Waals surface area contributed by atoms with E-state index >= 15 is 0 Å². The van der Waals surface area contributed by atoms with Crippen LogP contribution in [-0.2, 0) is 4.79 Å². The Balaban J connectivity index is 2.79. The van der Waals surface area contributed by atoms with Crippen molar-refractivity contribution < 1.29 is 24.6 Å². The van der Waals surface area contributed by atoms with Crippen LogP contribution in [0.25, 0.3) is 0 Å². The summed E-state index contributed by atoms with van der Waals surface area (Å²) in [7, 11) is 0. The molecule has 1 aromatic rings. The molecule has 8 heteroatoms. The van der Waals surface area contributed by atoms with Gasteiger partial charge in [-0.3, -0.25) is 14.8 Å². The molecule has 2 amide bonds. The Bertz CT molecular complexity index is 573. The van der Waals surface area contributed by atoms with Gasteiger partial charge in [0.05, 0.1) is 5.60 Å². The van der Waals surface area contributed by atoms with E-state index in [0.29, 0.717) is 11.3 Å². The molecule has 0 aromatic heterocycles. The predicted molar refractivity (Wildman–Crippen MR) is 87.7 cm³/mol. The minimum absolute atomic E-state index is 0.110. The Hall–Kier alpha value is -2.16. The lowest BCUT2D eigenvalue weighted by Crippen LogP contribution is -2.61. The number of rotatable bonds is 7. The molecule has 24 heavy (non-hydrogen) atoms. The number of carbonyl (C=O) groups is 2. The van der Waals surface area contributed by atoms with E-state index in [1.807, 2.05) is 0 Å². The van der Waals surface area contributed by atoms with Gasteiger partial charge in [0.2, 0.25) is 0 Å². The monoisotopic (exact) mass is 339 g/mol. The van der Waals surface area contributed by atoms with E-state index in [9.17, 15) is 14.7 Å². The van der Waals surface area contributed by atoms with Gasteiger partial charge < -0.3 is 20.9 Å². The molecule has 1 aromatic carbocycles. The van der Waals surface area contributed by atoms with Crippen LogP contribution >= 0.6 is 0 Å². The molecule has 0 radical (unpaired) electrons. The summed E-state index contributed by atoms with van der Waals surface area (Å²) in [6.45, 7) is 6.46. The molecule has 0 fully saturated rings. The highest BCUT2D eigenvalue weighted by Gasteiger charge is 2.33. The van der Waals surface area contributed by atoms with Gasteiger partial charge in [-0.1, -0.05) is 0 Å². The van der Waals surface area contributed by atoms with Crippen LogP contribution in [0.4, 0.5) is 0 Å². The summed E-state index contributed by atoms with van der Waals surface area (Å²) < 4.78 is 5.40. The molecule has 0 aliphatic heterocycles. The van der Waals surface area contributed by atoms with Crippen molar-refractivity contribution in [3.8, 4) is 5.75 Å². The Labute approximate surface area is 140 Å². The van der Waals surface area contributed by atoms with Crippen molar-refractivity contribution in [3.05, 3.63) is 29.8 Å². The number of ether oxygens (including phenoxy) is 1. The molecule has 1 unspecified atom stereocenters. The maximum atomic E-state index is 12.2. The predicted octanol–water partition coefficient (Wildman–Crippen LogP) is 0.177. The first kappa shape index (κ1) is 19.9. The van der Waals surface area contributed by atoms with E-state index in [0.717, 1.165) is 0 Å². The first-order valence-corrected chi connectivity index (χ1v) is 7.43. The molecule has 1 atom stereocenters. The third-order valence-electron chi connectivity index (χ3n) is 3.10. The van der Waals surface area contributed by atoms with Crippen molar-refractivity contribution in [1.29, 1.82) is 0 Å². The lowest BCUT2D eigenvalue weighted by molar-refractivity contribution is -0.132. The Morgan fingerprint density at radius 1 is 1.21 bits per heavy atom. The molecule has 0 saturated carbocycles. The Kier molecular flexibility index (Phi) is 6.30. The fourth-order valence-corrected chi connectivity index (χ4v) is 1.83. The summed E-state index contributed by atoms with van der Waals surface area (Å²) in [6.07, 6.45) is 0. The zero-order chi connectivity index (χ0) is 18.5. The van der Waals surface area contributed by atoms with Crippen LogP contribution in [0.5, 0.6) is 5.75 Å². The summed E-state index contributed by atoms with van der Waals surface area (Å²) in [5.41, 5.74) is 5.61. The van der Waals surface area contributed by atoms with Crippen LogP contribution < -0.4 is 21.3 Å². The second-order valence-electron chi connectivity index (χ2n) is 6.83. The molecule has 0 spiro atoms. The topological polar surface area (TPSA) is 134 Å². The highest BCUT2D eigenvalue weighted by atomic mass is 16.5. The van der Waals surface area contributed by atoms with E-state index in [-0.39, 0.29) is 6.61 Å². The summed E-state index contributed by atoms with van der Waals surface area (Å²) in [4.78, 5) is 23.9. The van der Waals surface area contributed by atoms with Gasteiger partial charge in [-0.15, -0.1) is 0 Å². The van der Waals surface area contributed by atoms with Gasteiger partial charge in [0.1, 0.15) is 18.4 Å². The third-order valence-corrected chi connectivity index (χ3v) is 3.10. The Morgan fingerprint density at radius 3 is 2.17 bits per heavy atom. The molecular weight excluding hydrogens is 314 g/mol. The molecule has 0 bridgehead atoms. The van der Waals surface area contributed by atoms with Crippen molar-refractivity contribution in [3.63, 3.8) is 0 Å². The smallest absolute Gasteiger partial charge is 0.267 e. The number of amides is 2. The summed E-state index contributed by atoms with van der Waals surface area (Å²) in [5.74, 6) is -0.824. The fraction of sp³-hybridized carbons (Fsp3) is 0.500. The van der Waals surface area contributed by atoms with E-state index in [1.54, 1.807) is 39.8 Å². The van der Waals surface area contributed by atoms with Crippen LogP contribution in [0.1, 0.15) is 38.1 Å². The summed E-state index contributed by atoms with van der Waals surface area (Å²) >= 11 is 0. The van der Waals surface area contributed by atoms with Gasteiger partial charge in [-0.05, 0) is 52.0 Å². The molecular formula is C16H25N3O5. The summed E-state index contributed by atoms with van der Waals surface area (Å²) in [6, 6.07) is 5.09. The second-order valence-corrected chi connectivity index (χ2v) is 6.83. The highest BCUT2D eigenvalue weighted by molar-refractivity contribution is 5.97. The normalized spacial score (nSPS) is 13.1. The van der Waals surface area contributed by atoms with Crippen LogP contribution in [0.3, 0.4) is 0 Å². The zero-order valence-corrected chi connectivity index (χ0v) is 14.3.